The van der Waals surface area contributed by atoms with Gasteiger partial charge in [0.05, 0.1) is 5.92 Å². The summed E-state index contributed by atoms with van der Waals surface area (Å²) in [6.45, 7) is 6.76. The van der Waals surface area contributed by atoms with Crippen molar-refractivity contribution in [2.75, 3.05) is 19.6 Å². The van der Waals surface area contributed by atoms with Crippen molar-refractivity contribution in [1.29, 1.82) is 0 Å². The van der Waals surface area contributed by atoms with Crippen molar-refractivity contribution < 1.29 is 18.3 Å². The lowest BCUT2D eigenvalue weighted by molar-refractivity contribution is -0.141. The minimum Gasteiger partial charge on any atom is -0.481 e. The van der Waals surface area contributed by atoms with E-state index in [1.165, 1.54) is 4.31 Å². The predicted octanol–water partition coefficient (Wildman–Crippen LogP) is 0.910. The van der Waals surface area contributed by atoms with Crippen LogP contribution in [0.2, 0.25) is 0 Å². The number of nitrogens with zero attached hydrogens (tertiary/aromatic N) is 1. The Balaban J connectivity index is 2.62. The van der Waals surface area contributed by atoms with Gasteiger partial charge in [-0.3, -0.25) is 4.79 Å². The number of rotatable bonds is 6. The van der Waals surface area contributed by atoms with Crippen molar-refractivity contribution in [3.63, 3.8) is 0 Å². The molecule has 0 amide bonds. The molecule has 1 fully saturated rings. The van der Waals surface area contributed by atoms with Crippen molar-refractivity contribution in [3.05, 3.63) is 0 Å². The number of hydrogen-bond acceptors (Lipinski definition) is 3. The van der Waals surface area contributed by atoms with Gasteiger partial charge in [0, 0.05) is 19.6 Å². The van der Waals surface area contributed by atoms with Crippen LogP contribution in [0.15, 0.2) is 0 Å². The first-order valence-corrected chi connectivity index (χ1v) is 8.17. The third-order valence-electron chi connectivity index (χ3n) is 3.53. The van der Waals surface area contributed by atoms with E-state index in [0.717, 1.165) is 6.42 Å². The quantitative estimate of drug-likeness (QED) is 0.762. The molecule has 3 atom stereocenters. The topological polar surface area (TPSA) is 86.7 Å². The van der Waals surface area contributed by atoms with Gasteiger partial charge < -0.3 is 5.11 Å². The molecule has 1 rings (SSSR count). The molecule has 0 aliphatic carbocycles. The largest absolute Gasteiger partial charge is 0.481 e. The Labute approximate surface area is 115 Å². The summed E-state index contributed by atoms with van der Waals surface area (Å²) in [5.41, 5.74) is 0. The molecule has 1 aliphatic rings. The molecule has 0 bridgehead atoms. The lowest BCUT2D eigenvalue weighted by atomic mass is 9.94. The molecule has 19 heavy (non-hydrogen) atoms. The summed E-state index contributed by atoms with van der Waals surface area (Å²) in [5.74, 6) is -0.969. The van der Waals surface area contributed by atoms with Gasteiger partial charge in [0.25, 0.3) is 10.2 Å². The standard InChI is InChI=1S/C12H24N2O4S/c1-4-11(12(15)16)6-13-19(17,18)14-7-9(2)5-10(3)8-14/h9-11,13H,4-8H2,1-3H3,(H,15,16). The van der Waals surface area contributed by atoms with Crippen molar-refractivity contribution in [3.8, 4) is 0 Å². The van der Waals surface area contributed by atoms with E-state index in [0.29, 0.717) is 31.3 Å². The van der Waals surface area contributed by atoms with E-state index in [1.54, 1.807) is 6.92 Å². The molecular formula is C12H24N2O4S. The van der Waals surface area contributed by atoms with E-state index in [9.17, 15) is 13.2 Å². The molecule has 0 radical (unpaired) electrons. The van der Waals surface area contributed by atoms with Crippen LogP contribution in [0.3, 0.4) is 0 Å². The van der Waals surface area contributed by atoms with Gasteiger partial charge in [0.2, 0.25) is 0 Å². The monoisotopic (exact) mass is 292 g/mol. The van der Waals surface area contributed by atoms with Crippen LogP contribution < -0.4 is 4.72 Å². The average molecular weight is 292 g/mol. The van der Waals surface area contributed by atoms with Gasteiger partial charge in [-0.05, 0) is 24.7 Å². The van der Waals surface area contributed by atoms with Gasteiger partial charge in [0.15, 0.2) is 0 Å². The van der Waals surface area contributed by atoms with Gasteiger partial charge in [-0.15, -0.1) is 0 Å². The van der Waals surface area contributed by atoms with Crippen LogP contribution in [-0.4, -0.2) is 43.4 Å². The van der Waals surface area contributed by atoms with Gasteiger partial charge in [-0.2, -0.15) is 12.7 Å². The minimum atomic E-state index is -3.57. The predicted molar refractivity (Wildman–Crippen MR) is 72.9 cm³/mol. The van der Waals surface area contributed by atoms with Crippen molar-refractivity contribution in [2.45, 2.75) is 33.6 Å². The second-order valence-electron chi connectivity index (χ2n) is 5.56. The maximum Gasteiger partial charge on any atom is 0.307 e. The first-order valence-electron chi connectivity index (χ1n) is 6.73. The molecule has 7 heteroatoms. The molecular weight excluding hydrogens is 268 g/mol. The zero-order valence-corrected chi connectivity index (χ0v) is 12.6. The Kier molecular flexibility index (Phi) is 5.76. The summed E-state index contributed by atoms with van der Waals surface area (Å²) in [5, 5.41) is 8.92. The summed E-state index contributed by atoms with van der Waals surface area (Å²) in [4.78, 5) is 10.9. The van der Waals surface area contributed by atoms with E-state index < -0.39 is 22.1 Å². The number of carboxylic acid groups (broad SMARTS) is 1. The van der Waals surface area contributed by atoms with Crippen LogP contribution >= 0.6 is 0 Å². The first kappa shape index (κ1) is 16.4. The van der Waals surface area contributed by atoms with E-state index >= 15 is 0 Å². The summed E-state index contributed by atoms with van der Waals surface area (Å²) in [6.07, 6.45) is 1.43. The summed E-state index contributed by atoms with van der Waals surface area (Å²) in [7, 11) is -3.57. The van der Waals surface area contributed by atoms with Gasteiger partial charge >= 0.3 is 5.97 Å². The van der Waals surface area contributed by atoms with Crippen molar-refractivity contribution in [1.82, 2.24) is 9.03 Å². The Hall–Kier alpha value is -0.660. The fourth-order valence-electron chi connectivity index (χ4n) is 2.51. The summed E-state index contributed by atoms with van der Waals surface area (Å²) in [6, 6.07) is 0. The van der Waals surface area contributed by atoms with E-state index in [2.05, 4.69) is 4.72 Å². The number of carboxylic acids is 1. The van der Waals surface area contributed by atoms with Crippen molar-refractivity contribution >= 4 is 16.2 Å². The molecule has 1 heterocycles. The SMILES string of the molecule is CCC(CNS(=O)(=O)N1CC(C)CC(C)C1)C(=O)O. The Morgan fingerprint density at radius 1 is 1.37 bits per heavy atom. The number of nitrogens with one attached hydrogen (secondary N) is 1. The van der Waals surface area contributed by atoms with E-state index in [1.807, 2.05) is 13.8 Å². The second-order valence-corrected chi connectivity index (χ2v) is 7.32. The zero-order chi connectivity index (χ0) is 14.6. The highest BCUT2D eigenvalue weighted by atomic mass is 32.2. The van der Waals surface area contributed by atoms with Crippen LogP contribution in [0.25, 0.3) is 0 Å². The van der Waals surface area contributed by atoms with Crippen LogP contribution in [0, 0.1) is 17.8 Å². The molecule has 3 unspecified atom stereocenters. The molecule has 0 aromatic heterocycles. The van der Waals surface area contributed by atoms with Crippen LogP contribution in [0.4, 0.5) is 0 Å². The number of aliphatic carboxylic acids is 1. The number of piperidine rings is 1. The molecule has 112 valence electrons. The third kappa shape index (κ3) is 4.74. The molecule has 0 saturated carbocycles. The van der Waals surface area contributed by atoms with Crippen LogP contribution in [0.1, 0.15) is 33.6 Å². The highest BCUT2D eigenvalue weighted by Gasteiger charge is 2.31. The van der Waals surface area contributed by atoms with Crippen molar-refractivity contribution in [2.24, 2.45) is 17.8 Å². The first-order chi connectivity index (χ1) is 8.76. The lowest BCUT2D eigenvalue weighted by Gasteiger charge is -2.34. The molecule has 1 saturated heterocycles. The fraction of sp³-hybridized carbons (Fsp3) is 0.917. The molecule has 2 N–H and O–H groups in total. The molecule has 1 aliphatic heterocycles. The van der Waals surface area contributed by atoms with Gasteiger partial charge in [-0.1, -0.05) is 20.8 Å². The fourth-order valence-corrected chi connectivity index (χ4v) is 4.00. The molecule has 0 aromatic carbocycles. The minimum absolute atomic E-state index is 0.0482. The van der Waals surface area contributed by atoms with Crippen LogP contribution in [0.5, 0.6) is 0 Å². The molecule has 6 nitrogen and oxygen atoms in total. The van der Waals surface area contributed by atoms with Crippen LogP contribution in [-0.2, 0) is 15.0 Å². The smallest absolute Gasteiger partial charge is 0.307 e. The van der Waals surface area contributed by atoms with E-state index in [4.69, 9.17) is 5.11 Å². The summed E-state index contributed by atoms with van der Waals surface area (Å²) < 4.78 is 28.1. The average Bonchev–Trinajstić information content (AvgIpc) is 2.27. The highest BCUT2D eigenvalue weighted by molar-refractivity contribution is 7.87. The number of hydrogen-bond donors (Lipinski definition) is 2. The lowest BCUT2D eigenvalue weighted by Crippen LogP contribution is -2.49. The molecule has 0 spiro atoms. The van der Waals surface area contributed by atoms with E-state index in [-0.39, 0.29) is 6.54 Å². The molecule has 0 aromatic rings. The highest BCUT2D eigenvalue weighted by Crippen LogP contribution is 2.22. The Morgan fingerprint density at radius 3 is 2.32 bits per heavy atom. The van der Waals surface area contributed by atoms with Gasteiger partial charge in [0.1, 0.15) is 0 Å². The Morgan fingerprint density at radius 2 is 1.89 bits per heavy atom. The zero-order valence-electron chi connectivity index (χ0n) is 11.8. The number of carbonyl (C=O) groups is 1. The normalized spacial score (nSPS) is 27.1. The summed E-state index contributed by atoms with van der Waals surface area (Å²) >= 11 is 0. The Bertz CT molecular complexity index is 400. The maximum absolute atomic E-state index is 12.1. The maximum atomic E-state index is 12.1. The second kappa shape index (κ2) is 6.67. The third-order valence-corrected chi connectivity index (χ3v) is 5.04. The van der Waals surface area contributed by atoms with Gasteiger partial charge in [-0.25, -0.2) is 4.72 Å².